The van der Waals surface area contributed by atoms with Gasteiger partial charge in [-0.05, 0) is 29.8 Å². The fourth-order valence-electron chi connectivity index (χ4n) is 1.04. The van der Waals surface area contributed by atoms with Crippen LogP contribution in [0.1, 0.15) is 5.69 Å². The number of nitrogens with zero attached hydrogens (tertiary/aromatic N) is 4. The highest BCUT2D eigenvalue weighted by atomic mass is 35.5. The number of anilines is 1. The van der Waals surface area contributed by atoms with Gasteiger partial charge in [-0.2, -0.15) is 10.2 Å². The highest BCUT2D eigenvalue weighted by Crippen LogP contribution is 2.06. The molecule has 0 bridgehead atoms. The monoisotopic (exact) mass is 221 g/mol. The maximum atomic E-state index is 5.64. The van der Waals surface area contributed by atoms with Crippen LogP contribution in [0.3, 0.4) is 0 Å². The van der Waals surface area contributed by atoms with Gasteiger partial charge < -0.3 is 5.32 Å². The summed E-state index contributed by atoms with van der Waals surface area (Å²) in [6.07, 6.45) is 3.22. The quantitative estimate of drug-likeness (QED) is 0.797. The van der Waals surface area contributed by atoms with E-state index in [1.165, 1.54) is 0 Å². The summed E-state index contributed by atoms with van der Waals surface area (Å²) in [6.45, 7) is 0.557. The second-order valence-corrected chi connectivity index (χ2v) is 3.12. The summed E-state index contributed by atoms with van der Waals surface area (Å²) in [5.41, 5.74) is 0.840. The fourth-order valence-corrected chi connectivity index (χ4v) is 1.19. The molecule has 76 valence electrons. The Kier molecular flexibility index (Phi) is 3.04. The van der Waals surface area contributed by atoms with Gasteiger partial charge in [0, 0.05) is 12.4 Å². The minimum absolute atomic E-state index is 0.221. The minimum Gasteiger partial charge on any atom is -0.364 e. The van der Waals surface area contributed by atoms with Gasteiger partial charge in [0.25, 0.3) is 0 Å². The Labute approximate surface area is 91.6 Å². The first-order valence-electron chi connectivity index (χ1n) is 4.33. The minimum atomic E-state index is 0.221. The van der Waals surface area contributed by atoms with E-state index in [0.717, 1.165) is 5.69 Å². The second kappa shape index (κ2) is 4.65. The Balaban J connectivity index is 1.99. The molecule has 6 heteroatoms. The molecule has 0 aliphatic carbocycles. The molecule has 0 amide bonds. The largest absolute Gasteiger partial charge is 0.364 e. The van der Waals surface area contributed by atoms with Crippen LogP contribution in [-0.2, 0) is 6.54 Å². The van der Waals surface area contributed by atoms with Crippen molar-refractivity contribution in [2.24, 2.45) is 0 Å². The molecule has 2 rings (SSSR count). The van der Waals surface area contributed by atoms with Crippen molar-refractivity contribution in [3.63, 3.8) is 0 Å². The summed E-state index contributed by atoms with van der Waals surface area (Å²) in [4.78, 5) is 7.76. The third-order valence-corrected chi connectivity index (χ3v) is 1.89. The van der Waals surface area contributed by atoms with Crippen molar-refractivity contribution in [3.8, 4) is 0 Å². The van der Waals surface area contributed by atoms with E-state index in [4.69, 9.17) is 11.6 Å². The lowest BCUT2D eigenvalue weighted by molar-refractivity contribution is 0.919. The zero-order valence-corrected chi connectivity index (χ0v) is 8.52. The molecule has 0 radical (unpaired) electrons. The summed E-state index contributed by atoms with van der Waals surface area (Å²) in [5, 5.41) is 11.0. The van der Waals surface area contributed by atoms with Crippen molar-refractivity contribution in [1.82, 2.24) is 20.2 Å². The SMILES string of the molecule is Clc1nccc(NCc2cccnn2)n1. The fraction of sp³-hybridized carbons (Fsp3) is 0.111. The number of hydrogen-bond acceptors (Lipinski definition) is 5. The van der Waals surface area contributed by atoms with E-state index in [1.807, 2.05) is 12.1 Å². The predicted octanol–water partition coefficient (Wildman–Crippen LogP) is 1.53. The maximum Gasteiger partial charge on any atom is 0.224 e. The van der Waals surface area contributed by atoms with E-state index < -0.39 is 0 Å². The normalized spacial score (nSPS) is 9.93. The first-order chi connectivity index (χ1) is 7.34. The first-order valence-corrected chi connectivity index (χ1v) is 4.71. The summed E-state index contributed by atoms with van der Waals surface area (Å²) in [6, 6.07) is 5.45. The zero-order chi connectivity index (χ0) is 10.5. The molecule has 0 saturated carbocycles. The zero-order valence-electron chi connectivity index (χ0n) is 7.76. The van der Waals surface area contributed by atoms with Crippen molar-refractivity contribution in [2.45, 2.75) is 6.54 Å². The van der Waals surface area contributed by atoms with Crippen LogP contribution in [0, 0.1) is 0 Å². The van der Waals surface area contributed by atoms with Crippen LogP contribution >= 0.6 is 11.6 Å². The number of aromatic nitrogens is 4. The lowest BCUT2D eigenvalue weighted by atomic mass is 10.4. The van der Waals surface area contributed by atoms with E-state index in [-0.39, 0.29) is 5.28 Å². The van der Waals surface area contributed by atoms with Gasteiger partial charge in [0.15, 0.2) is 0 Å². The summed E-state index contributed by atoms with van der Waals surface area (Å²) in [7, 11) is 0. The molecule has 0 spiro atoms. The summed E-state index contributed by atoms with van der Waals surface area (Å²) in [5.74, 6) is 0.667. The van der Waals surface area contributed by atoms with Gasteiger partial charge in [-0.25, -0.2) is 9.97 Å². The van der Waals surface area contributed by atoms with Gasteiger partial charge in [-0.3, -0.25) is 0 Å². The van der Waals surface area contributed by atoms with E-state index in [2.05, 4.69) is 25.5 Å². The molecule has 1 N–H and O–H groups in total. The Morgan fingerprint density at radius 2 is 2.20 bits per heavy atom. The summed E-state index contributed by atoms with van der Waals surface area (Å²) >= 11 is 5.64. The number of nitrogens with one attached hydrogen (secondary N) is 1. The van der Waals surface area contributed by atoms with Crippen LogP contribution < -0.4 is 5.32 Å². The van der Waals surface area contributed by atoms with Crippen LogP contribution in [0.15, 0.2) is 30.6 Å². The van der Waals surface area contributed by atoms with Gasteiger partial charge in [0.1, 0.15) is 5.82 Å². The average molecular weight is 222 g/mol. The molecule has 0 aliphatic rings. The van der Waals surface area contributed by atoms with Crippen LogP contribution in [0.2, 0.25) is 5.28 Å². The van der Waals surface area contributed by atoms with Crippen LogP contribution in [-0.4, -0.2) is 20.2 Å². The van der Waals surface area contributed by atoms with Crippen LogP contribution in [0.4, 0.5) is 5.82 Å². The molecule has 0 saturated heterocycles. The summed E-state index contributed by atoms with van der Waals surface area (Å²) < 4.78 is 0. The van der Waals surface area contributed by atoms with Gasteiger partial charge in [-0.1, -0.05) is 0 Å². The lowest BCUT2D eigenvalue weighted by Crippen LogP contribution is -2.03. The average Bonchev–Trinajstić information content (AvgIpc) is 2.28. The van der Waals surface area contributed by atoms with Crippen LogP contribution in [0.25, 0.3) is 0 Å². The predicted molar refractivity (Wildman–Crippen MR) is 56.4 cm³/mol. The Bertz CT molecular complexity index is 434. The molecule has 5 nitrogen and oxygen atoms in total. The molecular formula is C9H8ClN5. The van der Waals surface area contributed by atoms with E-state index >= 15 is 0 Å². The Hall–Kier alpha value is -1.75. The van der Waals surface area contributed by atoms with Gasteiger partial charge in [0.2, 0.25) is 5.28 Å². The van der Waals surface area contributed by atoms with Crippen molar-refractivity contribution in [1.29, 1.82) is 0 Å². The van der Waals surface area contributed by atoms with Gasteiger partial charge in [-0.15, -0.1) is 0 Å². The molecule has 2 aromatic heterocycles. The van der Waals surface area contributed by atoms with E-state index in [1.54, 1.807) is 18.5 Å². The van der Waals surface area contributed by atoms with Crippen molar-refractivity contribution in [3.05, 3.63) is 41.6 Å². The highest BCUT2D eigenvalue weighted by Gasteiger charge is 1.97. The molecule has 2 aromatic rings. The standard InChI is InChI=1S/C9H8ClN5/c10-9-11-5-3-8(14-9)12-6-7-2-1-4-13-15-7/h1-5H,6H2,(H,11,12,14). The van der Waals surface area contributed by atoms with Crippen molar-refractivity contribution < 1.29 is 0 Å². The lowest BCUT2D eigenvalue weighted by Gasteiger charge is -2.03. The third-order valence-electron chi connectivity index (χ3n) is 1.70. The van der Waals surface area contributed by atoms with Gasteiger partial charge >= 0.3 is 0 Å². The maximum absolute atomic E-state index is 5.64. The Morgan fingerprint density at radius 1 is 1.27 bits per heavy atom. The molecule has 15 heavy (non-hydrogen) atoms. The van der Waals surface area contributed by atoms with E-state index in [0.29, 0.717) is 12.4 Å². The molecule has 0 aromatic carbocycles. The second-order valence-electron chi connectivity index (χ2n) is 2.78. The molecule has 2 heterocycles. The number of rotatable bonds is 3. The molecule has 0 unspecified atom stereocenters. The topological polar surface area (TPSA) is 63.6 Å². The first kappa shape index (κ1) is 9.79. The highest BCUT2D eigenvalue weighted by molar-refractivity contribution is 6.28. The van der Waals surface area contributed by atoms with E-state index in [9.17, 15) is 0 Å². The molecule has 0 atom stereocenters. The molecule has 0 aliphatic heterocycles. The Morgan fingerprint density at radius 3 is 2.93 bits per heavy atom. The number of hydrogen-bond donors (Lipinski definition) is 1. The van der Waals surface area contributed by atoms with Gasteiger partial charge in [0.05, 0.1) is 12.2 Å². The van der Waals surface area contributed by atoms with Crippen molar-refractivity contribution >= 4 is 17.4 Å². The molecular weight excluding hydrogens is 214 g/mol. The van der Waals surface area contributed by atoms with Crippen LogP contribution in [0.5, 0.6) is 0 Å². The third kappa shape index (κ3) is 2.85. The molecule has 0 fully saturated rings. The smallest absolute Gasteiger partial charge is 0.224 e. The van der Waals surface area contributed by atoms with Crippen molar-refractivity contribution in [2.75, 3.05) is 5.32 Å². The number of halogens is 1.